The minimum absolute atomic E-state index is 0.673. The van der Waals surface area contributed by atoms with E-state index in [1.807, 2.05) is 23.2 Å². The summed E-state index contributed by atoms with van der Waals surface area (Å²) in [6.07, 6.45) is 9.36. The third-order valence-electron chi connectivity index (χ3n) is 2.91. The standard InChI is InChI=1S/C14H21N5O/c1-3-4-13-16-5-7-19(13)14-17-10-12(11-18-14)9-15-6-8-20-2/h5,7,10-11,15H,3-4,6,8-9H2,1-2H3. The van der Waals surface area contributed by atoms with Gasteiger partial charge in [-0.2, -0.15) is 0 Å². The van der Waals surface area contributed by atoms with Gasteiger partial charge < -0.3 is 10.1 Å². The summed E-state index contributed by atoms with van der Waals surface area (Å²) >= 11 is 0. The van der Waals surface area contributed by atoms with Crippen molar-refractivity contribution >= 4 is 0 Å². The van der Waals surface area contributed by atoms with E-state index in [9.17, 15) is 0 Å². The van der Waals surface area contributed by atoms with Crippen molar-refractivity contribution in [1.29, 1.82) is 0 Å². The maximum absolute atomic E-state index is 4.98. The molecule has 2 aromatic rings. The molecular formula is C14H21N5O. The van der Waals surface area contributed by atoms with Gasteiger partial charge in [0.25, 0.3) is 0 Å². The average molecular weight is 275 g/mol. The van der Waals surface area contributed by atoms with E-state index >= 15 is 0 Å². The van der Waals surface area contributed by atoms with Crippen molar-refractivity contribution in [3.05, 3.63) is 36.2 Å². The van der Waals surface area contributed by atoms with E-state index in [0.717, 1.165) is 37.3 Å². The number of hydrogen-bond acceptors (Lipinski definition) is 5. The first-order chi connectivity index (χ1) is 9.85. The van der Waals surface area contributed by atoms with E-state index in [4.69, 9.17) is 4.74 Å². The zero-order valence-corrected chi connectivity index (χ0v) is 12.0. The molecule has 2 heterocycles. The zero-order chi connectivity index (χ0) is 14.2. The van der Waals surface area contributed by atoms with Crippen molar-refractivity contribution in [2.75, 3.05) is 20.3 Å². The highest BCUT2D eigenvalue weighted by atomic mass is 16.5. The third kappa shape index (κ3) is 3.85. The van der Waals surface area contributed by atoms with Gasteiger partial charge in [0.1, 0.15) is 5.82 Å². The lowest BCUT2D eigenvalue weighted by Crippen LogP contribution is -2.19. The predicted molar refractivity (Wildman–Crippen MR) is 76.7 cm³/mol. The van der Waals surface area contributed by atoms with Crippen LogP contribution in [0.2, 0.25) is 0 Å². The molecule has 0 fully saturated rings. The van der Waals surface area contributed by atoms with Gasteiger partial charge in [-0.25, -0.2) is 15.0 Å². The first-order valence-corrected chi connectivity index (χ1v) is 6.88. The minimum atomic E-state index is 0.673. The molecular weight excluding hydrogens is 254 g/mol. The number of methoxy groups -OCH3 is 1. The quantitative estimate of drug-likeness (QED) is 0.737. The lowest BCUT2D eigenvalue weighted by molar-refractivity contribution is 0.199. The van der Waals surface area contributed by atoms with Crippen molar-refractivity contribution in [2.24, 2.45) is 0 Å². The Hall–Kier alpha value is -1.79. The summed E-state index contributed by atoms with van der Waals surface area (Å²) in [6.45, 7) is 4.40. The number of rotatable bonds is 8. The normalized spacial score (nSPS) is 10.9. The van der Waals surface area contributed by atoms with Gasteiger partial charge in [0.2, 0.25) is 5.95 Å². The number of aryl methyl sites for hydroxylation is 1. The van der Waals surface area contributed by atoms with Crippen LogP contribution in [0.15, 0.2) is 24.8 Å². The Morgan fingerprint density at radius 1 is 1.25 bits per heavy atom. The predicted octanol–water partition coefficient (Wildman–Crippen LogP) is 1.35. The van der Waals surface area contributed by atoms with Crippen LogP contribution in [0.3, 0.4) is 0 Å². The first-order valence-electron chi connectivity index (χ1n) is 6.88. The van der Waals surface area contributed by atoms with Gasteiger partial charge in [-0.1, -0.05) is 6.92 Å². The molecule has 0 unspecified atom stereocenters. The SMILES string of the molecule is CCCc1nccn1-c1ncc(CNCCOC)cn1. The molecule has 108 valence electrons. The molecule has 0 aromatic carbocycles. The van der Waals surface area contributed by atoms with Crippen molar-refractivity contribution in [3.63, 3.8) is 0 Å². The van der Waals surface area contributed by atoms with Crippen LogP contribution in [0.25, 0.3) is 5.95 Å². The highest BCUT2D eigenvalue weighted by molar-refractivity contribution is 5.17. The minimum Gasteiger partial charge on any atom is -0.383 e. The monoisotopic (exact) mass is 275 g/mol. The maximum atomic E-state index is 4.98. The number of nitrogens with one attached hydrogen (secondary N) is 1. The van der Waals surface area contributed by atoms with Gasteiger partial charge in [0.15, 0.2) is 0 Å². The third-order valence-corrected chi connectivity index (χ3v) is 2.91. The van der Waals surface area contributed by atoms with E-state index < -0.39 is 0 Å². The van der Waals surface area contributed by atoms with Crippen LogP contribution < -0.4 is 5.32 Å². The highest BCUT2D eigenvalue weighted by Crippen LogP contribution is 2.07. The van der Waals surface area contributed by atoms with Crippen molar-refractivity contribution in [1.82, 2.24) is 24.8 Å². The summed E-state index contributed by atoms with van der Waals surface area (Å²) in [5.41, 5.74) is 1.06. The smallest absolute Gasteiger partial charge is 0.235 e. The van der Waals surface area contributed by atoms with E-state index in [0.29, 0.717) is 12.6 Å². The van der Waals surface area contributed by atoms with Crippen molar-refractivity contribution in [3.8, 4) is 5.95 Å². The number of aromatic nitrogens is 4. The second-order valence-electron chi connectivity index (χ2n) is 4.52. The van der Waals surface area contributed by atoms with Crippen LogP contribution in [0.4, 0.5) is 0 Å². The van der Waals surface area contributed by atoms with Crippen LogP contribution in [0, 0.1) is 0 Å². The Balaban J connectivity index is 1.98. The van der Waals surface area contributed by atoms with Gasteiger partial charge in [-0.05, 0) is 6.42 Å². The van der Waals surface area contributed by atoms with Crippen molar-refractivity contribution in [2.45, 2.75) is 26.3 Å². The van der Waals surface area contributed by atoms with E-state index in [1.54, 1.807) is 13.3 Å². The maximum Gasteiger partial charge on any atom is 0.235 e. The fraction of sp³-hybridized carbons (Fsp3) is 0.500. The van der Waals surface area contributed by atoms with Gasteiger partial charge in [0.05, 0.1) is 6.61 Å². The lowest BCUT2D eigenvalue weighted by Gasteiger charge is -2.07. The summed E-state index contributed by atoms with van der Waals surface area (Å²) in [7, 11) is 1.69. The number of hydrogen-bond donors (Lipinski definition) is 1. The second-order valence-corrected chi connectivity index (χ2v) is 4.52. The van der Waals surface area contributed by atoms with Crippen LogP contribution in [-0.2, 0) is 17.7 Å². The molecule has 2 aromatic heterocycles. The molecule has 6 nitrogen and oxygen atoms in total. The molecule has 2 rings (SSSR count). The molecule has 6 heteroatoms. The lowest BCUT2D eigenvalue weighted by atomic mass is 10.3. The molecule has 0 atom stereocenters. The molecule has 0 saturated heterocycles. The van der Waals surface area contributed by atoms with Crippen LogP contribution >= 0.6 is 0 Å². The molecule has 0 aliphatic rings. The molecule has 0 aliphatic heterocycles. The number of ether oxygens (including phenoxy) is 1. The summed E-state index contributed by atoms with van der Waals surface area (Å²) in [5, 5.41) is 3.26. The molecule has 20 heavy (non-hydrogen) atoms. The first kappa shape index (κ1) is 14.6. The van der Waals surface area contributed by atoms with Gasteiger partial charge >= 0.3 is 0 Å². The molecule has 0 saturated carbocycles. The Labute approximate surface area is 119 Å². The van der Waals surface area contributed by atoms with Crippen LogP contribution in [-0.4, -0.2) is 39.8 Å². The molecule has 1 N–H and O–H groups in total. The summed E-state index contributed by atoms with van der Waals surface area (Å²) in [4.78, 5) is 13.1. The zero-order valence-electron chi connectivity index (χ0n) is 12.0. The van der Waals surface area contributed by atoms with E-state index in [2.05, 4.69) is 27.2 Å². The van der Waals surface area contributed by atoms with E-state index in [-0.39, 0.29) is 0 Å². The fourth-order valence-corrected chi connectivity index (χ4v) is 1.90. The average Bonchev–Trinajstić information content (AvgIpc) is 2.93. The second kappa shape index (κ2) is 7.72. The molecule has 0 aliphatic carbocycles. The van der Waals surface area contributed by atoms with Gasteiger partial charge in [0, 0.05) is 57.0 Å². The Kier molecular flexibility index (Phi) is 5.64. The molecule has 0 amide bonds. The van der Waals surface area contributed by atoms with Crippen molar-refractivity contribution < 1.29 is 4.74 Å². The van der Waals surface area contributed by atoms with Gasteiger partial charge in [-0.3, -0.25) is 4.57 Å². The summed E-state index contributed by atoms with van der Waals surface area (Å²) in [6, 6.07) is 0. The largest absolute Gasteiger partial charge is 0.383 e. The fourth-order valence-electron chi connectivity index (χ4n) is 1.90. The Morgan fingerprint density at radius 3 is 2.75 bits per heavy atom. The Bertz CT molecular complexity index is 509. The highest BCUT2D eigenvalue weighted by Gasteiger charge is 2.06. The topological polar surface area (TPSA) is 64.9 Å². The molecule has 0 bridgehead atoms. The van der Waals surface area contributed by atoms with Crippen LogP contribution in [0.1, 0.15) is 24.7 Å². The summed E-state index contributed by atoms with van der Waals surface area (Å²) in [5.74, 6) is 1.67. The number of nitrogens with zero attached hydrogens (tertiary/aromatic N) is 4. The molecule has 0 spiro atoms. The Morgan fingerprint density at radius 2 is 2.05 bits per heavy atom. The van der Waals surface area contributed by atoms with Gasteiger partial charge in [-0.15, -0.1) is 0 Å². The van der Waals surface area contributed by atoms with Crippen LogP contribution in [0.5, 0.6) is 0 Å². The molecule has 0 radical (unpaired) electrons. The summed E-state index contributed by atoms with van der Waals surface area (Å²) < 4.78 is 6.92. The van der Waals surface area contributed by atoms with E-state index in [1.165, 1.54) is 0 Å². The number of imidazole rings is 1.